The van der Waals surface area contributed by atoms with E-state index >= 15 is 4.79 Å². The maximum atomic E-state index is 15.0. The molecule has 2 aromatic rings. The second-order valence-corrected chi connectivity index (χ2v) is 28.0. The molecule has 28 N–H and O–H groups in total. The van der Waals surface area contributed by atoms with Gasteiger partial charge in [-0.15, -0.1) is 0 Å². The monoisotopic (exact) mass is 1550 g/mol. The number of likely N-dealkylation sites (tertiary alicyclic amines) is 1. The Balaban J connectivity index is 1.57. The number of benzene rings is 1. The molecule has 40 nitrogen and oxygen atoms in total. The van der Waals surface area contributed by atoms with Crippen molar-refractivity contribution in [3.63, 3.8) is 0 Å². The largest absolute Gasteiger partial charge is 0.508 e. The number of hydrogen-bond acceptors (Lipinski definition) is 21. The predicted octanol–water partition coefficient (Wildman–Crippen LogP) is -6.63. The summed E-state index contributed by atoms with van der Waals surface area (Å²) in [6.45, 7) is 9.95. The van der Waals surface area contributed by atoms with Crippen molar-refractivity contribution in [2.24, 2.45) is 62.1 Å². The zero-order valence-electron chi connectivity index (χ0n) is 63.6. The fraction of sp³-hybridized carbons (Fsp3) is 0.643. The van der Waals surface area contributed by atoms with Crippen LogP contribution in [-0.4, -0.2) is 243 Å². The van der Waals surface area contributed by atoms with E-state index < -0.39 is 180 Å². The van der Waals surface area contributed by atoms with Gasteiger partial charge in [-0.05, 0) is 120 Å². The first-order valence-corrected chi connectivity index (χ1v) is 37.2. The summed E-state index contributed by atoms with van der Waals surface area (Å²) in [5, 5.41) is 61.8. The molecule has 0 saturated carbocycles. The molecule has 14 amide bonds. The zero-order valence-corrected chi connectivity index (χ0v) is 63.6. The number of aromatic amines is 1. The van der Waals surface area contributed by atoms with E-state index in [9.17, 15) is 77.6 Å². The van der Waals surface area contributed by atoms with Crippen molar-refractivity contribution in [2.45, 2.75) is 230 Å². The molecule has 0 radical (unpaired) electrons. The fourth-order valence-electron chi connectivity index (χ4n) is 12.1. The Bertz CT molecular complexity index is 3480. The number of rotatable bonds is 48. The number of nitrogens with one attached hydrogen (secondary N) is 13. The number of amides is 14. The van der Waals surface area contributed by atoms with Crippen LogP contribution in [0.15, 0.2) is 46.8 Å². The standard InChI is InChI=1S/C70H115N23O17/c1-8-37(5)54(66(108)86-47(56(72)98)29-36(3)4)91-61(103)48(30-40-19-21-42(96)22-20-40)88-65(107)52-18-14-28-93(52)68(110)46(17-13-27-79-70(75)76)85-59(101)44(16-12-26-78-69(73)74)83-57(99)39(7)81-58(100)43(15-10-11-25-71)84-63(105)51(34-95)90-67(109)55(38(6)9-2)92-62(104)49(31-41-32-77-35-80-41)87-64(106)50(33-94)89-60(102)45-23-24-53(97)82-45/h19-22,32,35-39,43-52,54-55,94-96H,8-18,23-31,33-34,71H2,1-7H3,(H2,72,98)(H,77,80)(H,81,100)(H,82,97)(H,83,99)(H,84,105)(H,85,101)(H,86,108)(H,87,106)(H,88,107)(H,89,102)(H,90,109)(H,91,103)(H,92,104)(H4,73,74,78)(H4,75,76,79)/t37-,38-,39-,43-,44-,45-,46-,47-,48-,49-,50-,51-,52-,54-,55-/m0/s1. The maximum absolute atomic E-state index is 15.0. The van der Waals surface area contributed by atoms with E-state index in [1.807, 2.05) is 13.8 Å². The molecular formula is C70H115N23O17. The maximum Gasteiger partial charge on any atom is 0.245 e. The average Bonchev–Trinajstić information content (AvgIpc) is 1.60. The van der Waals surface area contributed by atoms with Gasteiger partial charge >= 0.3 is 0 Å². The number of aliphatic hydroxyl groups excluding tert-OH is 2. The topological polar surface area (TPSA) is 657 Å². The summed E-state index contributed by atoms with van der Waals surface area (Å²) in [5.41, 5.74) is 34.7. The smallest absolute Gasteiger partial charge is 0.245 e. The van der Waals surface area contributed by atoms with Crippen molar-refractivity contribution < 1.29 is 82.4 Å². The van der Waals surface area contributed by atoms with Crippen molar-refractivity contribution in [3.8, 4) is 5.75 Å². The highest BCUT2D eigenvalue weighted by molar-refractivity contribution is 6.00. The summed E-state index contributed by atoms with van der Waals surface area (Å²) in [6.07, 6.45) is 4.11. The van der Waals surface area contributed by atoms with Crippen LogP contribution in [0.5, 0.6) is 5.75 Å². The summed E-state index contributed by atoms with van der Waals surface area (Å²) < 4.78 is 0. The molecule has 1 aromatic carbocycles. The van der Waals surface area contributed by atoms with E-state index in [0.717, 1.165) is 0 Å². The molecular weight excluding hydrogens is 1430 g/mol. The normalized spacial score (nSPS) is 17.4. The summed E-state index contributed by atoms with van der Waals surface area (Å²) in [7, 11) is 0. The molecule has 2 fully saturated rings. The lowest BCUT2D eigenvalue weighted by Crippen LogP contribution is -2.62. The number of nitrogens with two attached hydrogens (primary N) is 6. The van der Waals surface area contributed by atoms with Crippen molar-refractivity contribution in [1.82, 2.24) is 78.7 Å². The van der Waals surface area contributed by atoms with Gasteiger partial charge < -0.3 is 123 Å². The van der Waals surface area contributed by atoms with Crippen molar-refractivity contribution in [3.05, 3.63) is 48.0 Å². The van der Waals surface area contributed by atoms with Crippen molar-refractivity contribution in [2.75, 3.05) is 39.4 Å². The first kappa shape index (κ1) is 91.6. The van der Waals surface area contributed by atoms with Crippen LogP contribution in [0, 0.1) is 17.8 Å². The lowest BCUT2D eigenvalue weighted by atomic mass is 9.96. The number of phenols is 1. The van der Waals surface area contributed by atoms with E-state index in [4.69, 9.17) is 34.4 Å². The fourth-order valence-corrected chi connectivity index (χ4v) is 12.1. The van der Waals surface area contributed by atoms with Gasteiger partial charge in [0.05, 0.1) is 19.5 Å². The predicted molar refractivity (Wildman–Crippen MR) is 401 cm³/mol. The van der Waals surface area contributed by atoms with E-state index in [-0.39, 0.29) is 146 Å². The molecule has 1 aromatic heterocycles. The number of unbranched alkanes of at least 4 members (excludes halogenated alkanes) is 1. The number of aromatic nitrogens is 2. The third-order valence-corrected chi connectivity index (χ3v) is 18.8. The number of aliphatic imine (C=N–C) groups is 2. The molecule has 110 heavy (non-hydrogen) atoms. The number of guanidine groups is 2. The summed E-state index contributed by atoms with van der Waals surface area (Å²) in [6, 6.07) is -12.1. The van der Waals surface area contributed by atoms with Crippen LogP contribution in [0.25, 0.3) is 0 Å². The van der Waals surface area contributed by atoms with Gasteiger partial charge in [0.15, 0.2) is 11.9 Å². The second-order valence-electron chi connectivity index (χ2n) is 28.0. The number of imidazole rings is 1. The summed E-state index contributed by atoms with van der Waals surface area (Å²) >= 11 is 0. The SMILES string of the molecule is CC[C@H](C)[C@H](NC(=O)[C@H](Cc1ccc(O)cc1)NC(=O)[C@@H]1CCCN1C(=O)[C@H](CCCN=C(N)N)NC(=O)[C@H](CCCN=C(N)N)NC(=O)[C@H](C)NC(=O)[C@H](CCCCN)NC(=O)[C@H](CO)NC(=O)[C@@H](NC(=O)[C@H](Cc1cnc[nH]1)NC(=O)[C@H](CO)NC(=O)[C@@H]1CCC(=O)N1)[C@@H](C)CC)C(=O)N[C@@H](CC(C)C)C(N)=O. The molecule has 2 aliphatic heterocycles. The molecule has 2 saturated heterocycles. The number of nitrogens with zero attached hydrogens (tertiary/aromatic N) is 4. The Morgan fingerprint density at radius 1 is 0.555 bits per heavy atom. The van der Waals surface area contributed by atoms with Gasteiger partial charge in [0.1, 0.15) is 84.3 Å². The molecule has 4 rings (SSSR count). The first-order chi connectivity index (χ1) is 52.1. The molecule has 3 heterocycles. The lowest BCUT2D eigenvalue weighted by molar-refractivity contribution is -0.142. The van der Waals surface area contributed by atoms with Gasteiger partial charge in [-0.3, -0.25) is 77.1 Å². The van der Waals surface area contributed by atoms with Gasteiger partial charge in [0.2, 0.25) is 82.7 Å². The van der Waals surface area contributed by atoms with Crippen LogP contribution >= 0.6 is 0 Å². The Labute approximate surface area is 638 Å². The summed E-state index contributed by atoms with van der Waals surface area (Å²) in [4.78, 5) is 211. The lowest BCUT2D eigenvalue weighted by Gasteiger charge is -2.31. The van der Waals surface area contributed by atoms with Crippen LogP contribution in [0.3, 0.4) is 0 Å². The average molecular weight is 1550 g/mol. The number of aromatic hydroxyl groups is 1. The second kappa shape index (κ2) is 46.6. The van der Waals surface area contributed by atoms with E-state index in [1.54, 1.807) is 27.7 Å². The number of carbonyl (C=O) groups excluding carboxylic acids is 14. The van der Waals surface area contributed by atoms with Crippen molar-refractivity contribution in [1.29, 1.82) is 0 Å². The molecule has 15 atom stereocenters. The van der Waals surface area contributed by atoms with Gasteiger partial charge in [-0.1, -0.05) is 66.5 Å². The van der Waals surface area contributed by atoms with Gasteiger partial charge in [0, 0.05) is 50.8 Å². The van der Waals surface area contributed by atoms with Gasteiger partial charge in [-0.2, -0.15) is 0 Å². The Morgan fingerprint density at radius 2 is 1.03 bits per heavy atom. The van der Waals surface area contributed by atoms with Crippen LogP contribution in [0.4, 0.5) is 0 Å². The number of H-pyrrole nitrogens is 1. The quantitative estimate of drug-likeness (QED) is 0.0166. The summed E-state index contributed by atoms with van der Waals surface area (Å²) in [5.74, 6) is -13.5. The molecule has 40 heteroatoms. The highest BCUT2D eigenvalue weighted by Gasteiger charge is 2.42. The molecule has 0 unspecified atom stereocenters. The van der Waals surface area contributed by atoms with Gasteiger partial charge in [0.25, 0.3) is 0 Å². The zero-order chi connectivity index (χ0) is 81.9. The molecule has 612 valence electrons. The van der Waals surface area contributed by atoms with Crippen LogP contribution in [0.2, 0.25) is 0 Å². The van der Waals surface area contributed by atoms with Crippen LogP contribution in [0.1, 0.15) is 150 Å². The number of primary amides is 1. The third kappa shape index (κ3) is 30.4. The third-order valence-electron chi connectivity index (χ3n) is 18.8. The van der Waals surface area contributed by atoms with Crippen LogP contribution in [-0.2, 0) is 80.0 Å². The molecule has 0 bridgehead atoms. The number of aliphatic hydroxyl groups is 2. The van der Waals surface area contributed by atoms with Crippen LogP contribution < -0.4 is 98.2 Å². The molecule has 0 spiro atoms. The Hall–Kier alpha value is -10.8. The van der Waals surface area contributed by atoms with E-state index in [0.29, 0.717) is 24.1 Å². The van der Waals surface area contributed by atoms with E-state index in [2.05, 4.69) is 83.8 Å². The molecule has 2 aliphatic rings. The number of carbonyl (C=O) groups is 14. The van der Waals surface area contributed by atoms with Gasteiger partial charge in [-0.25, -0.2) is 4.98 Å². The molecule has 0 aliphatic carbocycles. The highest BCUT2D eigenvalue weighted by Crippen LogP contribution is 2.22. The Morgan fingerprint density at radius 3 is 1.53 bits per heavy atom. The minimum atomic E-state index is -1.77. The minimum absolute atomic E-state index is 0.000778. The Kier molecular flexibility index (Phi) is 38.8. The minimum Gasteiger partial charge on any atom is -0.508 e. The highest BCUT2D eigenvalue weighted by atomic mass is 16.3. The number of phenolic OH excluding ortho intramolecular Hbond substituents is 1. The number of hydrogen-bond donors (Lipinski definition) is 22. The van der Waals surface area contributed by atoms with E-state index in [1.165, 1.54) is 48.6 Å². The van der Waals surface area contributed by atoms with Crippen molar-refractivity contribution >= 4 is 94.6 Å². The first-order valence-electron chi connectivity index (χ1n) is 37.2.